The van der Waals surface area contributed by atoms with Crippen molar-refractivity contribution in [3.63, 3.8) is 0 Å². The first kappa shape index (κ1) is 17.9. The van der Waals surface area contributed by atoms with Gasteiger partial charge in [0.1, 0.15) is 5.82 Å². The molecule has 1 amide bonds. The number of fused-ring (bicyclic) bond motifs is 1. The van der Waals surface area contributed by atoms with Crippen LogP contribution in [0.1, 0.15) is 42.5 Å². The predicted octanol–water partition coefficient (Wildman–Crippen LogP) is 4.23. The van der Waals surface area contributed by atoms with Crippen molar-refractivity contribution in [2.24, 2.45) is 5.92 Å². The van der Waals surface area contributed by atoms with Crippen LogP contribution in [0.4, 0.5) is 4.39 Å². The molecule has 1 atom stereocenters. The number of imidazole rings is 1. The lowest BCUT2D eigenvalue weighted by Crippen LogP contribution is -2.30. The lowest BCUT2D eigenvalue weighted by molar-refractivity contribution is 0.0929. The Morgan fingerprint density at radius 2 is 2.04 bits per heavy atom. The molecule has 26 heavy (non-hydrogen) atoms. The van der Waals surface area contributed by atoms with Crippen LogP contribution < -0.4 is 10.1 Å². The number of H-pyrrole nitrogens is 1. The molecule has 0 aliphatic carbocycles. The molecular weight excluding hydrogens is 333 g/mol. The standard InChI is InChI=1S/C20H22FN3O2/c1-12(2)10-17(19-22-15-6-4-5-7-16(15)23-19)24-20(25)13-8-9-18(26-3)14(21)11-13/h4-9,11-12,17H,10H2,1-3H3,(H,22,23)(H,24,25)/t17-/m0/s1. The summed E-state index contributed by atoms with van der Waals surface area (Å²) in [5.74, 6) is 0.239. The van der Waals surface area contributed by atoms with Gasteiger partial charge in [0, 0.05) is 5.56 Å². The Bertz CT molecular complexity index is 887. The Morgan fingerprint density at radius 1 is 1.27 bits per heavy atom. The molecule has 3 aromatic rings. The average Bonchev–Trinajstić information content (AvgIpc) is 3.04. The zero-order chi connectivity index (χ0) is 18.7. The number of rotatable bonds is 6. The molecule has 136 valence electrons. The molecule has 1 aromatic heterocycles. The van der Waals surface area contributed by atoms with E-state index in [-0.39, 0.29) is 23.3 Å². The summed E-state index contributed by atoms with van der Waals surface area (Å²) in [5, 5.41) is 2.97. The van der Waals surface area contributed by atoms with Gasteiger partial charge in [0.05, 0.1) is 24.2 Å². The molecule has 1 heterocycles. The van der Waals surface area contributed by atoms with Crippen LogP contribution in [0.15, 0.2) is 42.5 Å². The predicted molar refractivity (Wildman–Crippen MR) is 98.7 cm³/mol. The number of hydrogen-bond acceptors (Lipinski definition) is 3. The molecule has 0 aliphatic heterocycles. The molecule has 0 radical (unpaired) electrons. The fourth-order valence-corrected chi connectivity index (χ4v) is 2.90. The maximum Gasteiger partial charge on any atom is 0.251 e. The molecule has 5 nitrogen and oxygen atoms in total. The van der Waals surface area contributed by atoms with Gasteiger partial charge in [-0.15, -0.1) is 0 Å². The Balaban J connectivity index is 1.86. The molecule has 0 spiro atoms. The highest BCUT2D eigenvalue weighted by molar-refractivity contribution is 5.94. The highest BCUT2D eigenvalue weighted by atomic mass is 19.1. The van der Waals surface area contributed by atoms with Gasteiger partial charge < -0.3 is 15.0 Å². The SMILES string of the molecule is COc1ccc(C(=O)N[C@@H](CC(C)C)c2nc3ccccc3[nH]2)cc1F. The number of amides is 1. The Labute approximate surface area is 151 Å². The van der Waals surface area contributed by atoms with Crippen molar-refractivity contribution in [1.82, 2.24) is 15.3 Å². The minimum atomic E-state index is -0.565. The number of hydrogen-bond donors (Lipinski definition) is 2. The smallest absolute Gasteiger partial charge is 0.251 e. The molecule has 0 saturated heterocycles. The van der Waals surface area contributed by atoms with Gasteiger partial charge in [-0.05, 0) is 42.7 Å². The minimum absolute atomic E-state index is 0.109. The fourth-order valence-electron chi connectivity index (χ4n) is 2.90. The largest absolute Gasteiger partial charge is 0.494 e. The number of nitrogens with zero attached hydrogens (tertiary/aromatic N) is 1. The van der Waals surface area contributed by atoms with Gasteiger partial charge in [0.15, 0.2) is 11.6 Å². The van der Waals surface area contributed by atoms with Crippen LogP contribution in [0.5, 0.6) is 5.75 Å². The first-order chi connectivity index (χ1) is 12.5. The van der Waals surface area contributed by atoms with E-state index in [0.717, 1.165) is 11.0 Å². The third-order valence-corrected chi connectivity index (χ3v) is 4.16. The molecular formula is C20H22FN3O2. The third kappa shape index (κ3) is 3.85. The summed E-state index contributed by atoms with van der Waals surface area (Å²) in [5.41, 5.74) is 2.01. The second-order valence-electron chi connectivity index (χ2n) is 6.64. The van der Waals surface area contributed by atoms with Crippen molar-refractivity contribution in [3.8, 4) is 5.75 Å². The maximum absolute atomic E-state index is 13.9. The molecule has 0 unspecified atom stereocenters. The van der Waals surface area contributed by atoms with Crippen LogP contribution in [0.3, 0.4) is 0 Å². The van der Waals surface area contributed by atoms with Crippen molar-refractivity contribution >= 4 is 16.9 Å². The van der Waals surface area contributed by atoms with Gasteiger partial charge in [0.25, 0.3) is 5.91 Å². The summed E-state index contributed by atoms with van der Waals surface area (Å²) < 4.78 is 18.8. The first-order valence-corrected chi connectivity index (χ1v) is 8.57. The van der Waals surface area contributed by atoms with Crippen molar-refractivity contribution < 1.29 is 13.9 Å². The average molecular weight is 355 g/mol. The molecule has 0 saturated carbocycles. The van der Waals surface area contributed by atoms with Crippen molar-refractivity contribution in [1.29, 1.82) is 0 Å². The lowest BCUT2D eigenvalue weighted by Gasteiger charge is -2.19. The van der Waals surface area contributed by atoms with Crippen molar-refractivity contribution in [3.05, 3.63) is 59.7 Å². The molecule has 2 N–H and O–H groups in total. The highest BCUT2D eigenvalue weighted by Crippen LogP contribution is 2.23. The molecule has 3 rings (SSSR count). The highest BCUT2D eigenvalue weighted by Gasteiger charge is 2.21. The zero-order valence-corrected chi connectivity index (χ0v) is 15.0. The number of halogens is 1. The number of aromatic amines is 1. The van der Waals surface area contributed by atoms with Crippen molar-refractivity contribution in [2.75, 3.05) is 7.11 Å². The van der Waals surface area contributed by atoms with E-state index in [1.807, 2.05) is 24.3 Å². The molecule has 0 bridgehead atoms. The number of carbonyl (C=O) groups excluding carboxylic acids is 1. The summed E-state index contributed by atoms with van der Waals surface area (Å²) in [6.07, 6.45) is 0.712. The normalized spacial score (nSPS) is 12.3. The van der Waals surface area contributed by atoms with E-state index in [1.165, 1.54) is 19.2 Å². The number of carbonyl (C=O) groups is 1. The van der Waals surface area contributed by atoms with Gasteiger partial charge >= 0.3 is 0 Å². The monoisotopic (exact) mass is 355 g/mol. The van der Waals surface area contributed by atoms with Crippen LogP contribution >= 0.6 is 0 Å². The van der Waals surface area contributed by atoms with Gasteiger partial charge in [-0.1, -0.05) is 26.0 Å². The Hall–Kier alpha value is -2.89. The zero-order valence-electron chi connectivity index (χ0n) is 15.0. The van der Waals surface area contributed by atoms with Crippen LogP contribution in [0.2, 0.25) is 0 Å². The minimum Gasteiger partial charge on any atom is -0.494 e. The molecule has 2 aromatic carbocycles. The number of aromatic nitrogens is 2. The fraction of sp³-hybridized carbons (Fsp3) is 0.300. The van der Waals surface area contributed by atoms with Crippen LogP contribution in [-0.4, -0.2) is 23.0 Å². The van der Waals surface area contributed by atoms with E-state index in [9.17, 15) is 9.18 Å². The number of methoxy groups -OCH3 is 1. The summed E-state index contributed by atoms with van der Waals surface area (Å²) in [7, 11) is 1.39. The third-order valence-electron chi connectivity index (χ3n) is 4.16. The number of para-hydroxylation sites is 2. The summed E-state index contributed by atoms with van der Waals surface area (Å²) in [4.78, 5) is 20.5. The second-order valence-corrected chi connectivity index (χ2v) is 6.64. The summed E-state index contributed by atoms with van der Waals surface area (Å²) in [6, 6.07) is 11.6. The quantitative estimate of drug-likeness (QED) is 0.695. The molecule has 0 fully saturated rings. The summed E-state index contributed by atoms with van der Waals surface area (Å²) in [6.45, 7) is 4.16. The van der Waals surface area contributed by atoms with E-state index < -0.39 is 5.82 Å². The van der Waals surface area contributed by atoms with E-state index in [4.69, 9.17) is 4.74 Å². The second kappa shape index (κ2) is 7.56. The van der Waals surface area contributed by atoms with Crippen molar-refractivity contribution in [2.45, 2.75) is 26.3 Å². The topological polar surface area (TPSA) is 67.0 Å². The Kier molecular flexibility index (Phi) is 5.21. The Morgan fingerprint density at radius 3 is 2.69 bits per heavy atom. The van der Waals surface area contributed by atoms with Gasteiger partial charge in [-0.2, -0.15) is 0 Å². The first-order valence-electron chi connectivity index (χ1n) is 8.57. The number of nitrogens with one attached hydrogen (secondary N) is 2. The lowest BCUT2D eigenvalue weighted by atomic mass is 10.0. The van der Waals surface area contributed by atoms with E-state index in [1.54, 1.807) is 6.07 Å². The van der Waals surface area contributed by atoms with Crippen LogP contribution in [0, 0.1) is 11.7 Å². The van der Waals surface area contributed by atoms with Crippen LogP contribution in [0.25, 0.3) is 11.0 Å². The van der Waals surface area contributed by atoms with Crippen LogP contribution in [-0.2, 0) is 0 Å². The van der Waals surface area contributed by atoms with E-state index in [2.05, 4.69) is 29.1 Å². The summed E-state index contributed by atoms with van der Waals surface area (Å²) >= 11 is 0. The van der Waals surface area contributed by atoms with E-state index >= 15 is 0 Å². The number of benzene rings is 2. The van der Waals surface area contributed by atoms with Gasteiger partial charge in [-0.3, -0.25) is 4.79 Å². The van der Waals surface area contributed by atoms with Gasteiger partial charge in [0.2, 0.25) is 0 Å². The molecule has 6 heteroatoms. The van der Waals surface area contributed by atoms with Gasteiger partial charge in [-0.25, -0.2) is 9.37 Å². The maximum atomic E-state index is 13.9. The molecule has 0 aliphatic rings. The van der Waals surface area contributed by atoms with E-state index in [0.29, 0.717) is 18.2 Å². The number of ether oxygens (including phenoxy) is 1.